The van der Waals surface area contributed by atoms with Gasteiger partial charge in [0, 0.05) is 73.9 Å². The van der Waals surface area contributed by atoms with E-state index >= 15 is 0 Å². The van der Waals surface area contributed by atoms with Gasteiger partial charge in [0.25, 0.3) is 0 Å². The Bertz CT molecular complexity index is 1750. The van der Waals surface area contributed by atoms with Gasteiger partial charge < -0.3 is 25.2 Å². The minimum absolute atomic E-state index is 0.110. The first kappa shape index (κ1) is 33.6. The molecule has 250 valence electrons. The van der Waals surface area contributed by atoms with Crippen molar-refractivity contribution < 1.29 is 17.9 Å². The molecule has 4 heterocycles. The summed E-state index contributed by atoms with van der Waals surface area (Å²) < 4.78 is 49.9. The molecule has 0 atom stereocenters. The summed E-state index contributed by atoms with van der Waals surface area (Å²) in [5.74, 6) is 0.821. The van der Waals surface area contributed by atoms with Crippen LogP contribution in [0.15, 0.2) is 47.3 Å². The fourth-order valence-electron chi connectivity index (χ4n) is 6.25. The second-order valence-electron chi connectivity index (χ2n) is 12.3. The molecule has 2 N–H and O–H groups in total. The minimum atomic E-state index is -4.58. The lowest BCUT2D eigenvalue weighted by Crippen LogP contribution is -2.62. The molecule has 2 aliphatic heterocycles. The number of halogens is 4. The van der Waals surface area contributed by atoms with E-state index in [0.717, 1.165) is 54.0 Å². The minimum Gasteiger partial charge on any atom is -0.494 e. The Hall–Kier alpha value is -3.32. The number of fused-ring (bicyclic) bond motifs is 1. The lowest BCUT2D eigenvalue weighted by atomic mass is 9.96. The predicted molar refractivity (Wildman–Crippen MR) is 187 cm³/mol. The van der Waals surface area contributed by atoms with Crippen molar-refractivity contribution in [2.45, 2.75) is 31.1 Å². The quantitative estimate of drug-likeness (QED) is 0.192. The highest BCUT2D eigenvalue weighted by atomic mass is 79.9. The molecule has 2 fully saturated rings. The number of alkyl halides is 3. The molecule has 47 heavy (non-hydrogen) atoms. The van der Waals surface area contributed by atoms with E-state index in [1.807, 2.05) is 17.0 Å². The van der Waals surface area contributed by atoms with Gasteiger partial charge in [-0.1, -0.05) is 7.92 Å². The highest BCUT2D eigenvalue weighted by Crippen LogP contribution is 2.44. The number of hydrogen-bond acceptors (Lipinski definition) is 10. The van der Waals surface area contributed by atoms with Gasteiger partial charge in [-0.25, -0.2) is 4.98 Å². The molecule has 4 aromatic rings. The van der Waals surface area contributed by atoms with Crippen molar-refractivity contribution in [2.24, 2.45) is 0 Å². The van der Waals surface area contributed by atoms with Crippen LogP contribution in [0.25, 0.3) is 11.0 Å². The van der Waals surface area contributed by atoms with Gasteiger partial charge in [0.05, 0.1) is 39.6 Å². The lowest BCUT2D eigenvalue weighted by Gasteiger charge is -2.49. The zero-order valence-electron chi connectivity index (χ0n) is 26.9. The maximum absolute atomic E-state index is 14.6. The smallest absolute Gasteiger partial charge is 0.418 e. The largest absolute Gasteiger partial charge is 0.494 e. The van der Waals surface area contributed by atoms with Crippen LogP contribution in [0, 0.1) is 0 Å². The number of methoxy groups -OCH3 is 1. The van der Waals surface area contributed by atoms with Gasteiger partial charge in [-0.15, -0.1) is 0 Å². The number of ether oxygens (including phenoxy) is 1. The van der Waals surface area contributed by atoms with Crippen molar-refractivity contribution in [3.63, 3.8) is 0 Å². The summed E-state index contributed by atoms with van der Waals surface area (Å²) in [7, 11) is 5.03. The zero-order valence-corrected chi connectivity index (χ0v) is 29.4. The molecule has 0 unspecified atom stereocenters. The van der Waals surface area contributed by atoms with Crippen LogP contribution in [0.1, 0.15) is 18.4 Å². The third-order valence-electron chi connectivity index (χ3n) is 8.87. The number of likely N-dealkylation sites (tertiary alicyclic amines) is 1. The molecule has 2 saturated heterocycles. The summed E-state index contributed by atoms with van der Waals surface area (Å²) in [4.78, 5) is 24.4. The Morgan fingerprint density at radius 1 is 1.00 bits per heavy atom. The molecule has 0 amide bonds. The third-order valence-corrected chi connectivity index (χ3v) is 10.8. The first-order valence-corrected chi connectivity index (χ1v) is 18.4. The second-order valence-corrected chi connectivity index (χ2v) is 15.4. The second kappa shape index (κ2) is 13.7. The standard InChI is InChI=1S/C32H38BrF3N9OP/c1-43(2)20-17-45(18-20)19-8-12-44(13-9-19)26-15-27(46-3)25(14-21(26)32(34,35)36)41-31-39-16-22(33)30(42-31)40-24-7-6-23-28(29(24)47(4)5)38-11-10-37-23/h6-7,10-11,14-16,19-20H,8-9,12-13,17-18H2,1-5H3,(H2,39,40,41,42). The first-order chi connectivity index (χ1) is 22.4. The van der Waals surface area contributed by atoms with E-state index in [9.17, 15) is 13.2 Å². The van der Waals surface area contributed by atoms with Gasteiger partial charge in [0.1, 0.15) is 11.6 Å². The number of anilines is 5. The van der Waals surface area contributed by atoms with Gasteiger partial charge in [0.2, 0.25) is 5.95 Å². The van der Waals surface area contributed by atoms with Gasteiger partial charge in [-0.2, -0.15) is 18.2 Å². The lowest BCUT2D eigenvalue weighted by molar-refractivity contribution is -0.137. The number of nitrogens with one attached hydrogen (secondary N) is 2. The van der Waals surface area contributed by atoms with Gasteiger partial charge in [-0.05, 0) is 74.4 Å². The highest BCUT2D eigenvalue weighted by molar-refractivity contribution is 9.10. The Morgan fingerprint density at radius 3 is 2.38 bits per heavy atom. The average molecular weight is 733 g/mol. The molecule has 0 saturated carbocycles. The summed E-state index contributed by atoms with van der Waals surface area (Å²) in [5, 5.41) is 7.38. The Kier molecular flexibility index (Phi) is 9.76. The molecule has 0 radical (unpaired) electrons. The topological polar surface area (TPSA) is 94.6 Å². The van der Waals surface area contributed by atoms with E-state index in [0.29, 0.717) is 35.5 Å². The highest BCUT2D eigenvalue weighted by Gasteiger charge is 2.39. The Morgan fingerprint density at radius 2 is 1.72 bits per heavy atom. The summed E-state index contributed by atoms with van der Waals surface area (Å²) in [6.07, 6.45) is 1.92. The summed E-state index contributed by atoms with van der Waals surface area (Å²) in [6.45, 7) is 7.36. The van der Waals surface area contributed by atoms with Crippen LogP contribution in [0.3, 0.4) is 0 Å². The van der Waals surface area contributed by atoms with Crippen molar-refractivity contribution in [3.05, 3.63) is 52.9 Å². The van der Waals surface area contributed by atoms with Crippen molar-refractivity contribution in [3.8, 4) is 5.75 Å². The molecule has 0 aliphatic carbocycles. The van der Waals surface area contributed by atoms with Crippen molar-refractivity contribution in [1.29, 1.82) is 0 Å². The van der Waals surface area contributed by atoms with Crippen LogP contribution in [0.4, 0.5) is 42.0 Å². The molecule has 15 heteroatoms. The number of piperidine rings is 1. The normalized spacial score (nSPS) is 16.6. The van der Waals surface area contributed by atoms with E-state index in [2.05, 4.69) is 83.7 Å². The average Bonchev–Trinajstić information content (AvgIpc) is 3.01. The van der Waals surface area contributed by atoms with Crippen molar-refractivity contribution >= 4 is 69.0 Å². The maximum atomic E-state index is 14.6. The van der Waals surface area contributed by atoms with Gasteiger partial charge >= 0.3 is 6.18 Å². The molecule has 6 rings (SSSR count). The number of aromatic nitrogens is 4. The monoisotopic (exact) mass is 731 g/mol. The van der Waals surface area contributed by atoms with Gasteiger partial charge in [0.15, 0.2) is 0 Å². The number of nitrogens with zero attached hydrogens (tertiary/aromatic N) is 7. The first-order valence-electron chi connectivity index (χ1n) is 15.3. The SMILES string of the molecule is COc1cc(N2CCC(N3CC(N(C)C)C3)CC2)c(C(F)(F)F)cc1Nc1ncc(Br)c(Nc2ccc3nccnc3c2P(C)C)n1. The molecule has 2 aliphatic rings. The Labute approximate surface area is 282 Å². The molecule has 2 aromatic carbocycles. The fourth-order valence-corrected chi connectivity index (χ4v) is 7.75. The summed E-state index contributed by atoms with van der Waals surface area (Å²) in [5.41, 5.74) is 1.93. The van der Waals surface area contributed by atoms with Crippen LogP contribution in [-0.2, 0) is 6.18 Å². The van der Waals surface area contributed by atoms with Crippen molar-refractivity contribution in [1.82, 2.24) is 29.7 Å². The van der Waals surface area contributed by atoms with Gasteiger partial charge in [-0.3, -0.25) is 14.9 Å². The third kappa shape index (κ3) is 7.11. The number of likely N-dealkylation sites (N-methyl/N-ethyl adjacent to an activating group) is 1. The van der Waals surface area contributed by atoms with E-state index in [4.69, 9.17) is 4.74 Å². The molecule has 2 aromatic heterocycles. The van der Waals surface area contributed by atoms with Crippen LogP contribution in [-0.4, -0.2) is 103 Å². The van der Waals surface area contributed by atoms with E-state index in [1.165, 1.54) is 13.2 Å². The molecular weight excluding hydrogens is 694 g/mol. The predicted octanol–water partition coefficient (Wildman–Crippen LogP) is 6.28. The van der Waals surface area contributed by atoms with E-state index < -0.39 is 19.7 Å². The van der Waals surface area contributed by atoms with Crippen LogP contribution in [0.2, 0.25) is 0 Å². The van der Waals surface area contributed by atoms with Crippen molar-refractivity contribution in [2.75, 3.05) is 76.2 Å². The Balaban J connectivity index is 1.25. The molecule has 0 spiro atoms. The zero-order chi connectivity index (χ0) is 33.5. The molecule has 0 bridgehead atoms. The van der Waals surface area contributed by atoms with Crippen LogP contribution < -0.4 is 25.6 Å². The van der Waals surface area contributed by atoms with Crippen LogP contribution >= 0.6 is 23.9 Å². The van der Waals surface area contributed by atoms with Crippen LogP contribution in [0.5, 0.6) is 5.75 Å². The molecule has 10 nitrogen and oxygen atoms in total. The summed E-state index contributed by atoms with van der Waals surface area (Å²) in [6, 6.07) is 7.32. The number of hydrogen-bond donors (Lipinski definition) is 2. The summed E-state index contributed by atoms with van der Waals surface area (Å²) >= 11 is 3.51. The molecular formula is C32H38BrF3N9OP. The number of benzene rings is 2. The van der Waals surface area contributed by atoms with E-state index in [1.54, 1.807) is 18.6 Å². The fraction of sp³-hybridized carbons (Fsp3) is 0.438. The maximum Gasteiger partial charge on any atom is 0.418 e. The number of rotatable bonds is 9. The van der Waals surface area contributed by atoms with E-state index in [-0.39, 0.29) is 23.1 Å².